The molecule has 1 aliphatic carbocycles. The number of halogens is 1. The van der Waals surface area contributed by atoms with Gasteiger partial charge in [-0.25, -0.2) is 0 Å². The number of anilines is 1. The zero-order chi connectivity index (χ0) is 19.4. The van der Waals surface area contributed by atoms with Gasteiger partial charge in [-0.3, -0.25) is 14.4 Å². The smallest absolute Gasteiger partial charge is 0.253 e. The molecule has 1 saturated carbocycles. The summed E-state index contributed by atoms with van der Waals surface area (Å²) in [4.78, 5) is 35.7. The van der Waals surface area contributed by atoms with E-state index in [0.717, 1.165) is 16.5 Å². The van der Waals surface area contributed by atoms with E-state index in [1.54, 1.807) is 24.3 Å². The molecule has 6 nitrogen and oxygen atoms in total. The van der Waals surface area contributed by atoms with E-state index in [1.807, 2.05) is 24.3 Å². The Morgan fingerprint density at radius 2 is 1.78 bits per heavy atom. The fraction of sp³-hybridized carbons (Fsp3) is 0.250. The monoisotopic (exact) mass is 429 g/mol. The predicted molar refractivity (Wildman–Crippen MR) is 106 cm³/mol. The molecule has 0 bridgehead atoms. The number of primary amides is 1. The van der Waals surface area contributed by atoms with Gasteiger partial charge in [0.15, 0.2) is 0 Å². The molecular weight excluding hydrogens is 410 g/mol. The molecule has 4 N–H and O–H groups in total. The van der Waals surface area contributed by atoms with Crippen molar-refractivity contribution in [2.75, 3.05) is 11.9 Å². The minimum atomic E-state index is -0.482. The molecule has 0 radical (unpaired) electrons. The van der Waals surface area contributed by atoms with Crippen LogP contribution in [0.5, 0.6) is 0 Å². The Morgan fingerprint density at radius 3 is 2.48 bits per heavy atom. The summed E-state index contributed by atoms with van der Waals surface area (Å²) in [6.07, 6.45) is 0.859. The predicted octanol–water partition coefficient (Wildman–Crippen LogP) is 2.80. The van der Waals surface area contributed by atoms with E-state index in [1.165, 1.54) is 0 Å². The van der Waals surface area contributed by atoms with Gasteiger partial charge in [0.2, 0.25) is 11.8 Å². The maximum atomic E-state index is 12.6. The number of rotatable bonds is 7. The molecule has 27 heavy (non-hydrogen) atoms. The molecule has 3 amide bonds. The number of carbonyl (C=O) groups is 3. The largest absolute Gasteiger partial charge is 0.370 e. The average molecular weight is 430 g/mol. The normalized spacial score (nSPS) is 17.8. The summed E-state index contributed by atoms with van der Waals surface area (Å²) in [5.41, 5.74) is 7.02. The van der Waals surface area contributed by atoms with Crippen molar-refractivity contribution in [2.45, 2.75) is 18.8 Å². The highest BCUT2D eigenvalue weighted by molar-refractivity contribution is 9.10. The van der Waals surface area contributed by atoms with Gasteiger partial charge in [0.05, 0.1) is 11.3 Å². The van der Waals surface area contributed by atoms with Gasteiger partial charge in [0, 0.05) is 23.4 Å². The van der Waals surface area contributed by atoms with Crippen LogP contribution in [0.2, 0.25) is 0 Å². The van der Waals surface area contributed by atoms with Crippen molar-refractivity contribution < 1.29 is 14.4 Å². The number of carbonyl (C=O) groups excluding carboxylic acids is 3. The Kier molecular flexibility index (Phi) is 5.91. The van der Waals surface area contributed by atoms with E-state index < -0.39 is 5.91 Å². The Labute approximate surface area is 165 Å². The molecule has 140 valence electrons. The number of hydrogen-bond acceptors (Lipinski definition) is 3. The van der Waals surface area contributed by atoms with Crippen molar-refractivity contribution in [1.82, 2.24) is 5.32 Å². The summed E-state index contributed by atoms with van der Waals surface area (Å²) >= 11 is 3.41. The fourth-order valence-electron chi connectivity index (χ4n) is 2.97. The van der Waals surface area contributed by atoms with Crippen molar-refractivity contribution in [2.24, 2.45) is 11.7 Å². The summed E-state index contributed by atoms with van der Waals surface area (Å²) in [6.45, 7) is 0.157. The number of benzene rings is 2. The third-order valence-electron chi connectivity index (χ3n) is 4.51. The van der Waals surface area contributed by atoms with Crippen LogP contribution < -0.4 is 16.4 Å². The molecule has 0 aliphatic heterocycles. The van der Waals surface area contributed by atoms with E-state index >= 15 is 0 Å². The van der Waals surface area contributed by atoms with E-state index in [2.05, 4.69) is 26.6 Å². The van der Waals surface area contributed by atoms with Crippen LogP contribution in [-0.2, 0) is 9.59 Å². The number of para-hydroxylation sites is 1. The van der Waals surface area contributed by atoms with Crippen molar-refractivity contribution in [3.05, 3.63) is 64.1 Å². The van der Waals surface area contributed by atoms with Crippen LogP contribution >= 0.6 is 15.9 Å². The van der Waals surface area contributed by atoms with Crippen molar-refractivity contribution in [3.8, 4) is 0 Å². The summed E-state index contributed by atoms with van der Waals surface area (Å²) < 4.78 is 1.00. The highest BCUT2D eigenvalue weighted by Crippen LogP contribution is 2.48. The molecule has 2 aromatic rings. The molecule has 1 aliphatic rings. The van der Waals surface area contributed by atoms with Gasteiger partial charge >= 0.3 is 0 Å². The SMILES string of the molecule is NC(=O)CCNC(=O)c1ccccc1NC(=O)C1CC1c1ccc(Br)cc1. The second-order valence-electron chi connectivity index (χ2n) is 6.51. The first-order valence-corrected chi connectivity index (χ1v) is 9.47. The molecule has 1 fully saturated rings. The lowest BCUT2D eigenvalue weighted by Crippen LogP contribution is -2.29. The zero-order valence-corrected chi connectivity index (χ0v) is 16.2. The lowest BCUT2D eigenvalue weighted by molar-refractivity contribution is -0.118. The van der Waals surface area contributed by atoms with Crippen molar-refractivity contribution in [1.29, 1.82) is 0 Å². The molecule has 0 spiro atoms. The van der Waals surface area contributed by atoms with Crippen LogP contribution in [0.4, 0.5) is 5.69 Å². The molecule has 3 rings (SSSR count). The summed E-state index contributed by atoms with van der Waals surface area (Å²) in [5, 5.41) is 5.50. The first kappa shape index (κ1) is 19.1. The Hall–Kier alpha value is -2.67. The quantitative estimate of drug-likeness (QED) is 0.630. The van der Waals surface area contributed by atoms with Gasteiger partial charge in [-0.15, -0.1) is 0 Å². The Morgan fingerprint density at radius 1 is 1.07 bits per heavy atom. The van der Waals surface area contributed by atoms with Gasteiger partial charge in [0.25, 0.3) is 5.91 Å². The van der Waals surface area contributed by atoms with Gasteiger partial charge in [-0.2, -0.15) is 0 Å². The Balaban J connectivity index is 1.62. The minimum absolute atomic E-state index is 0.0667. The van der Waals surface area contributed by atoms with Crippen LogP contribution in [0.3, 0.4) is 0 Å². The number of amides is 3. The zero-order valence-electron chi connectivity index (χ0n) is 14.6. The second kappa shape index (κ2) is 8.35. The molecular formula is C20H20BrN3O3. The first-order valence-electron chi connectivity index (χ1n) is 8.67. The number of nitrogens with one attached hydrogen (secondary N) is 2. The molecule has 2 unspecified atom stereocenters. The van der Waals surface area contributed by atoms with Gasteiger partial charge in [-0.05, 0) is 42.2 Å². The number of hydrogen-bond donors (Lipinski definition) is 3. The standard InChI is InChI=1S/C20H20BrN3O3/c21-13-7-5-12(6-8-13)15-11-16(15)20(27)24-17-4-2-1-3-14(17)19(26)23-10-9-18(22)25/h1-8,15-16H,9-11H2,(H2,22,25)(H,23,26)(H,24,27). The number of nitrogens with two attached hydrogens (primary N) is 1. The fourth-order valence-corrected chi connectivity index (χ4v) is 3.24. The summed E-state index contributed by atoms with van der Waals surface area (Å²) in [7, 11) is 0. The first-order chi connectivity index (χ1) is 13.0. The maximum absolute atomic E-state index is 12.6. The summed E-state index contributed by atoms with van der Waals surface area (Å²) in [5.74, 6) is -0.830. The molecule has 0 heterocycles. The molecule has 2 atom stereocenters. The second-order valence-corrected chi connectivity index (χ2v) is 7.42. The van der Waals surface area contributed by atoms with Crippen molar-refractivity contribution >= 4 is 39.3 Å². The van der Waals surface area contributed by atoms with Gasteiger partial charge < -0.3 is 16.4 Å². The molecule has 2 aromatic carbocycles. The molecule has 7 heteroatoms. The highest BCUT2D eigenvalue weighted by Gasteiger charge is 2.44. The topological polar surface area (TPSA) is 101 Å². The van der Waals surface area contributed by atoms with Crippen LogP contribution in [0.1, 0.15) is 34.7 Å². The lowest BCUT2D eigenvalue weighted by Gasteiger charge is -2.11. The Bertz CT molecular complexity index is 867. The van der Waals surface area contributed by atoms with E-state index in [4.69, 9.17) is 5.73 Å². The van der Waals surface area contributed by atoms with Gasteiger partial charge in [-0.1, -0.05) is 40.2 Å². The van der Waals surface area contributed by atoms with E-state index in [0.29, 0.717) is 11.3 Å². The maximum Gasteiger partial charge on any atom is 0.253 e. The summed E-state index contributed by atoms with van der Waals surface area (Å²) in [6, 6.07) is 14.8. The van der Waals surface area contributed by atoms with E-state index in [-0.39, 0.29) is 36.6 Å². The lowest BCUT2D eigenvalue weighted by atomic mass is 10.1. The third-order valence-corrected chi connectivity index (χ3v) is 5.04. The van der Waals surface area contributed by atoms with Crippen LogP contribution in [-0.4, -0.2) is 24.3 Å². The van der Waals surface area contributed by atoms with Crippen molar-refractivity contribution in [3.63, 3.8) is 0 Å². The molecule has 0 saturated heterocycles. The highest BCUT2D eigenvalue weighted by atomic mass is 79.9. The third kappa shape index (κ3) is 4.95. The van der Waals surface area contributed by atoms with E-state index in [9.17, 15) is 14.4 Å². The minimum Gasteiger partial charge on any atom is -0.370 e. The molecule has 0 aromatic heterocycles. The van der Waals surface area contributed by atoms with Gasteiger partial charge in [0.1, 0.15) is 0 Å². The average Bonchev–Trinajstić information content (AvgIpc) is 3.43. The van der Waals surface area contributed by atoms with Crippen LogP contribution in [0, 0.1) is 5.92 Å². The van der Waals surface area contributed by atoms with Crippen LogP contribution in [0.15, 0.2) is 53.0 Å². The van der Waals surface area contributed by atoms with Crippen LogP contribution in [0.25, 0.3) is 0 Å².